The quantitative estimate of drug-likeness (QED) is 0.817. The summed E-state index contributed by atoms with van der Waals surface area (Å²) in [6.07, 6.45) is 0. The molecular weight excluding hydrogens is 240 g/mol. The summed E-state index contributed by atoms with van der Waals surface area (Å²) in [7, 11) is 0. The Hall–Kier alpha value is -1.55. The number of carbonyl (C=O) groups is 1. The lowest BCUT2D eigenvalue weighted by molar-refractivity contribution is -0.123. The van der Waals surface area contributed by atoms with Crippen LogP contribution in [0.5, 0.6) is 5.75 Å². The van der Waals surface area contributed by atoms with Gasteiger partial charge in [-0.25, -0.2) is 0 Å². The van der Waals surface area contributed by atoms with Gasteiger partial charge in [0.05, 0.1) is 0 Å². The first-order valence-electron chi connectivity index (χ1n) is 6.85. The summed E-state index contributed by atoms with van der Waals surface area (Å²) in [4.78, 5) is 11.6. The van der Waals surface area contributed by atoms with Gasteiger partial charge in [-0.15, -0.1) is 0 Å². The van der Waals surface area contributed by atoms with Gasteiger partial charge in [-0.3, -0.25) is 4.79 Å². The van der Waals surface area contributed by atoms with Crippen LogP contribution in [0.2, 0.25) is 0 Å². The molecule has 0 aromatic heterocycles. The van der Waals surface area contributed by atoms with Crippen molar-refractivity contribution in [2.45, 2.75) is 19.8 Å². The van der Waals surface area contributed by atoms with E-state index in [1.165, 1.54) is 5.56 Å². The highest BCUT2D eigenvalue weighted by molar-refractivity contribution is 5.77. The number of ether oxygens (including phenoxy) is 1. The Morgan fingerprint density at radius 3 is 2.89 bits per heavy atom. The molecule has 4 nitrogen and oxygen atoms in total. The molecule has 1 amide bonds. The zero-order valence-electron chi connectivity index (χ0n) is 11.6. The molecule has 19 heavy (non-hydrogen) atoms. The molecule has 0 atom stereocenters. The third-order valence-electron chi connectivity index (χ3n) is 3.35. The Labute approximate surface area is 114 Å². The molecular formula is C15H22N2O2. The highest BCUT2D eigenvalue weighted by Gasteiger charge is 2.17. The molecule has 1 heterocycles. The van der Waals surface area contributed by atoms with E-state index in [9.17, 15) is 4.79 Å². The minimum atomic E-state index is -0.0538. The van der Waals surface area contributed by atoms with Crippen LogP contribution in [0.4, 0.5) is 0 Å². The van der Waals surface area contributed by atoms with Crippen LogP contribution in [0.1, 0.15) is 25.3 Å². The maximum Gasteiger partial charge on any atom is 0.257 e. The van der Waals surface area contributed by atoms with Gasteiger partial charge in [0.25, 0.3) is 5.91 Å². The number of hydrogen-bond acceptors (Lipinski definition) is 3. The molecule has 0 aliphatic carbocycles. The Morgan fingerprint density at radius 1 is 1.47 bits per heavy atom. The van der Waals surface area contributed by atoms with E-state index in [0.29, 0.717) is 11.8 Å². The van der Waals surface area contributed by atoms with E-state index in [0.717, 1.165) is 25.4 Å². The van der Waals surface area contributed by atoms with Gasteiger partial charge in [0.1, 0.15) is 5.75 Å². The summed E-state index contributed by atoms with van der Waals surface area (Å²) in [6.45, 7) is 7.09. The van der Waals surface area contributed by atoms with Crippen LogP contribution < -0.4 is 15.4 Å². The minimum absolute atomic E-state index is 0.0538. The van der Waals surface area contributed by atoms with Crippen LogP contribution in [-0.2, 0) is 4.79 Å². The zero-order valence-corrected chi connectivity index (χ0v) is 11.6. The molecule has 1 fully saturated rings. The maximum absolute atomic E-state index is 11.6. The molecule has 1 aromatic rings. The van der Waals surface area contributed by atoms with Crippen LogP contribution in [0.3, 0.4) is 0 Å². The van der Waals surface area contributed by atoms with Gasteiger partial charge >= 0.3 is 0 Å². The van der Waals surface area contributed by atoms with Crippen molar-refractivity contribution < 1.29 is 9.53 Å². The summed E-state index contributed by atoms with van der Waals surface area (Å²) < 4.78 is 5.51. The van der Waals surface area contributed by atoms with Crippen molar-refractivity contribution in [2.75, 3.05) is 26.2 Å². The number of amides is 1. The summed E-state index contributed by atoms with van der Waals surface area (Å²) in [5.74, 6) is 1.74. The predicted molar refractivity (Wildman–Crippen MR) is 75.4 cm³/mol. The first kappa shape index (κ1) is 13.9. The Kier molecular flexibility index (Phi) is 4.80. The van der Waals surface area contributed by atoms with Gasteiger partial charge in [-0.05, 0) is 23.6 Å². The summed E-state index contributed by atoms with van der Waals surface area (Å²) in [5, 5.41) is 6.07. The predicted octanol–water partition coefficient (Wildman–Crippen LogP) is 1.52. The second-order valence-corrected chi connectivity index (χ2v) is 5.34. The van der Waals surface area contributed by atoms with Crippen molar-refractivity contribution in [3.63, 3.8) is 0 Å². The topological polar surface area (TPSA) is 50.4 Å². The Morgan fingerprint density at radius 2 is 2.26 bits per heavy atom. The lowest BCUT2D eigenvalue weighted by atomic mass is 10.0. The van der Waals surface area contributed by atoms with Gasteiger partial charge in [0.2, 0.25) is 0 Å². The van der Waals surface area contributed by atoms with Gasteiger partial charge in [-0.1, -0.05) is 26.0 Å². The molecule has 2 rings (SSSR count). The van der Waals surface area contributed by atoms with Crippen molar-refractivity contribution in [3.8, 4) is 5.75 Å². The fourth-order valence-corrected chi connectivity index (χ4v) is 1.91. The molecule has 0 bridgehead atoms. The molecule has 2 N–H and O–H groups in total. The minimum Gasteiger partial charge on any atom is -0.484 e. The van der Waals surface area contributed by atoms with E-state index in [2.05, 4.69) is 30.5 Å². The van der Waals surface area contributed by atoms with Crippen LogP contribution in [0.25, 0.3) is 0 Å². The lowest BCUT2D eigenvalue weighted by Gasteiger charge is -2.27. The third kappa shape index (κ3) is 4.24. The van der Waals surface area contributed by atoms with Crippen LogP contribution >= 0.6 is 0 Å². The van der Waals surface area contributed by atoms with Gasteiger partial charge in [-0.2, -0.15) is 0 Å². The normalized spacial score (nSPS) is 15.1. The number of rotatable bonds is 6. The molecule has 0 saturated carbocycles. The third-order valence-corrected chi connectivity index (χ3v) is 3.35. The highest BCUT2D eigenvalue weighted by atomic mass is 16.5. The average Bonchev–Trinajstić information content (AvgIpc) is 2.35. The molecule has 0 radical (unpaired) electrons. The fourth-order valence-electron chi connectivity index (χ4n) is 1.91. The monoisotopic (exact) mass is 262 g/mol. The van der Waals surface area contributed by atoms with Gasteiger partial charge in [0, 0.05) is 25.6 Å². The molecule has 0 spiro atoms. The summed E-state index contributed by atoms with van der Waals surface area (Å²) >= 11 is 0. The van der Waals surface area contributed by atoms with Crippen molar-refractivity contribution in [2.24, 2.45) is 5.92 Å². The summed E-state index contributed by atoms with van der Waals surface area (Å²) in [6, 6.07) is 7.91. The SMILES string of the molecule is CC(C)c1cccc(OCC(=O)NCC2CNC2)c1. The van der Waals surface area contributed by atoms with Crippen molar-refractivity contribution in [1.29, 1.82) is 0 Å². The second kappa shape index (κ2) is 6.57. The van der Waals surface area contributed by atoms with Crippen molar-refractivity contribution >= 4 is 5.91 Å². The lowest BCUT2D eigenvalue weighted by Crippen LogP contribution is -2.48. The van der Waals surface area contributed by atoms with E-state index in [-0.39, 0.29) is 12.5 Å². The number of benzene rings is 1. The largest absolute Gasteiger partial charge is 0.484 e. The van der Waals surface area contributed by atoms with Crippen LogP contribution in [0.15, 0.2) is 24.3 Å². The zero-order chi connectivity index (χ0) is 13.7. The van der Waals surface area contributed by atoms with Gasteiger partial charge < -0.3 is 15.4 Å². The average molecular weight is 262 g/mol. The highest BCUT2D eigenvalue weighted by Crippen LogP contribution is 2.19. The van der Waals surface area contributed by atoms with E-state index >= 15 is 0 Å². The number of carbonyl (C=O) groups excluding carboxylic acids is 1. The molecule has 0 unspecified atom stereocenters. The van der Waals surface area contributed by atoms with E-state index in [1.807, 2.05) is 18.2 Å². The van der Waals surface area contributed by atoms with Gasteiger partial charge in [0.15, 0.2) is 6.61 Å². The fraction of sp³-hybridized carbons (Fsp3) is 0.533. The smallest absolute Gasteiger partial charge is 0.257 e. The molecule has 1 aliphatic heterocycles. The first-order chi connectivity index (χ1) is 9.15. The van der Waals surface area contributed by atoms with Crippen molar-refractivity contribution in [1.82, 2.24) is 10.6 Å². The molecule has 104 valence electrons. The number of nitrogens with one attached hydrogen (secondary N) is 2. The maximum atomic E-state index is 11.6. The second-order valence-electron chi connectivity index (χ2n) is 5.34. The van der Waals surface area contributed by atoms with Crippen LogP contribution in [0, 0.1) is 5.92 Å². The summed E-state index contributed by atoms with van der Waals surface area (Å²) in [5.41, 5.74) is 1.22. The molecule has 1 aromatic carbocycles. The van der Waals surface area contributed by atoms with E-state index in [1.54, 1.807) is 0 Å². The standard InChI is InChI=1S/C15H22N2O2/c1-11(2)13-4-3-5-14(6-13)19-10-15(18)17-9-12-7-16-8-12/h3-6,11-12,16H,7-10H2,1-2H3,(H,17,18). The molecule has 4 heteroatoms. The Balaban J connectivity index is 1.74. The van der Waals surface area contributed by atoms with Crippen LogP contribution in [-0.4, -0.2) is 32.1 Å². The van der Waals surface area contributed by atoms with E-state index in [4.69, 9.17) is 4.74 Å². The van der Waals surface area contributed by atoms with Crippen molar-refractivity contribution in [3.05, 3.63) is 29.8 Å². The first-order valence-corrected chi connectivity index (χ1v) is 6.85. The number of hydrogen-bond donors (Lipinski definition) is 2. The Bertz CT molecular complexity index is 428. The molecule has 1 saturated heterocycles. The van der Waals surface area contributed by atoms with E-state index < -0.39 is 0 Å². The molecule has 1 aliphatic rings.